The molecule has 0 unspecified atom stereocenters. The summed E-state index contributed by atoms with van der Waals surface area (Å²) in [5, 5.41) is 7.95. The van der Waals surface area contributed by atoms with Crippen molar-refractivity contribution in [1.82, 2.24) is 0 Å². The second-order valence-electron chi connectivity index (χ2n) is 17.7. The molecule has 0 spiro atoms. The third-order valence-electron chi connectivity index (χ3n) is 12.9. The first-order chi connectivity index (χ1) is 33.9. The fourth-order valence-electron chi connectivity index (χ4n) is 9.77. The van der Waals surface area contributed by atoms with Gasteiger partial charge in [0, 0.05) is 0 Å². The Morgan fingerprint density at radius 3 is 1.13 bits per heavy atom. The molecule has 1 aliphatic rings. The van der Waals surface area contributed by atoms with E-state index in [4.69, 9.17) is 0 Å². The van der Waals surface area contributed by atoms with Crippen LogP contribution in [0.15, 0.2) is 249 Å². The first kappa shape index (κ1) is 47.7. The van der Waals surface area contributed by atoms with E-state index in [0.717, 1.165) is 0 Å². The molecule has 0 saturated carbocycles. The molecule has 0 nitrogen and oxygen atoms in total. The van der Waals surface area contributed by atoms with Crippen LogP contribution in [-0.2, 0) is 5.41 Å². The Bertz CT molecular complexity index is 3310. The van der Waals surface area contributed by atoms with E-state index in [-0.39, 0.29) is 5.41 Å². The van der Waals surface area contributed by atoms with Crippen LogP contribution in [0.3, 0.4) is 0 Å². The van der Waals surface area contributed by atoms with Crippen LogP contribution in [0.1, 0.15) is 73.1 Å². The molecule has 12 rings (SSSR count). The van der Waals surface area contributed by atoms with Gasteiger partial charge in [-0.2, -0.15) is 0 Å². The highest BCUT2D eigenvalue weighted by Gasteiger charge is 2.45. The van der Waals surface area contributed by atoms with Crippen molar-refractivity contribution in [3.8, 4) is 33.4 Å². The second kappa shape index (κ2) is 22.3. The Hall–Kier alpha value is -7.80. The summed E-state index contributed by atoms with van der Waals surface area (Å²) in [4.78, 5) is 0. The minimum atomic E-state index is -0.263. The van der Waals surface area contributed by atoms with Crippen molar-refractivity contribution in [2.24, 2.45) is 0 Å². The summed E-state index contributed by atoms with van der Waals surface area (Å²) in [6.07, 6.45) is 1.25. The zero-order valence-corrected chi connectivity index (χ0v) is 41.4. The van der Waals surface area contributed by atoms with Gasteiger partial charge in [0.2, 0.25) is 0 Å². The van der Waals surface area contributed by atoms with Gasteiger partial charge in [0.25, 0.3) is 0 Å². The highest BCUT2D eigenvalue weighted by Crippen LogP contribution is 2.56. The van der Waals surface area contributed by atoms with Crippen LogP contribution in [0, 0.1) is 20.8 Å². The monoisotopic (exact) mass is 893 g/mol. The van der Waals surface area contributed by atoms with E-state index in [1.54, 1.807) is 0 Å². The predicted molar refractivity (Wildman–Crippen MR) is 302 cm³/mol. The molecule has 0 heterocycles. The Kier molecular flexibility index (Phi) is 15.4. The molecular weight excluding hydrogens is 829 g/mol. The minimum Gasteiger partial charge on any atom is -0.0683 e. The maximum atomic E-state index is 2.37. The maximum absolute atomic E-state index is 2.37. The molecule has 11 aromatic rings. The fraction of sp³-hybridized carbons (Fsp3) is 0.130. The molecule has 0 aliphatic heterocycles. The normalized spacial score (nSPS) is 11.6. The van der Waals surface area contributed by atoms with E-state index in [2.05, 4.69) is 277 Å². The standard InChI is InChI=1S/C26H20.C25H18.C13H12.C3H8.C2H6/c1-19-16-17-23-22-14-8-9-15-24(22)26(25(23)18-19,20-10-4-2-5-11-20)21-12-6-3-7-13-21;1-17-10-12-18(13-11-17)19-14-15-24-22-8-3-2-6-20(22)21-7-4-5-9-23(21)25(24)16-19;1-11-7-9-13(10-8-11)12-5-3-2-4-6-12;1-3-2;1-2/h2-18H,1H3;2-16H,1H3;2-10H,1H3;3H2,1-2H3;1-2H3. The molecule has 0 aromatic heterocycles. The zero-order valence-electron chi connectivity index (χ0n) is 41.4. The van der Waals surface area contributed by atoms with Crippen molar-refractivity contribution >= 4 is 32.3 Å². The molecule has 0 heteroatoms. The Morgan fingerprint density at radius 2 is 0.623 bits per heavy atom. The van der Waals surface area contributed by atoms with Crippen molar-refractivity contribution in [3.05, 3.63) is 288 Å². The van der Waals surface area contributed by atoms with E-state index in [0.29, 0.717) is 0 Å². The summed E-state index contributed by atoms with van der Waals surface area (Å²) in [7, 11) is 0. The first-order valence-corrected chi connectivity index (χ1v) is 24.7. The number of aryl methyl sites for hydroxylation is 3. The van der Waals surface area contributed by atoms with Crippen LogP contribution in [0.5, 0.6) is 0 Å². The minimum absolute atomic E-state index is 0.263. The Labute approximate surface area is 411 Å². The molecule has 0 bridgehead atoms. The smallest absolute Gasteiger partial charge is 0.0683 e. The number of fused-ring (bicyclic) bond motifs is 9. The van der Waals surface area contributed by atoms with E-state index >= 15 is 0 Å². The van der Waals surface area contributed by atoms with Crippen LogP contribution in [0.2, 0.25) is 0 Å². The van der Waals surface area contributed by atoms with E-state index in [1.807, 2.05) is 19.9 Å². The largest absolute Gasteiger partial charge is 0.0713 e. The van der Waals surface area contributed by atoms with Gasteiger partial charge in [-0.25, -0.2) is 0 Å². The van der Waals surface area contributed by atoms with Gasteiger partial charge in [0.1, 0.15) is 0 Å². The molecule has 0 radical (unpaired) electrons. The Morgan fingerprint density at radius 1 is 0.275 bits per heavy atom. The van der Waals surface area contributed by atoms with Crippen molar-refractivity contribution < 1.29 is 0 Å². The number of rotatable bonds is 4. The van der Waals surface area contributed by atoms with E-state index < -0.39 is 0 Å². The van der Waals surface area contributed by atoms with Crippen LogP contribution in [0.25, 0.3) is 65.7 Å². The lowest BCUT2D eigenvalue weighted by Gasteiger charge is -2.34. The average molecular weight is 893 g/mol. The van der Waals surface area contributed by atoms with Gasteiger partial charge in [-0.1, -0.05) is 293 Å². The van der Waals surface area contributed by atoms with Gasteiger partial charge in [-0.3, -0.25) is 0 Å². The van der Waals surface area contributed by atoms with Crippen molar-refractivity contribution in [2.75, 3.05) is 0 Å². The van der Waals surface area contributed by atoms with Crippen LogP contribution >= 0.6 is 0 Å². The van der Waals surface area contributed by atoms with Gasteiger partial charge < -0.3 is 0 Å². The van der Waals surface area contributed by atoms with Gasteiger partial charge in [0.15, 0.2) is 0 Å². The lowest BCUT2D eigenvalue weighted by molar-refractivity contribution is 0.767. The molecule has 69 heavy (non-hydrogen) atoms. The highest BCUT2D eigenvalue weighted by atomic mass is 14.5. The first-order valence-electron chi connectivity index (χ1n) is 24.7. The summed E-state index contributed by atoms with van der Waals surface area (Å²) in [5.74, 6) is 0. The SMILES string of the molecule is CC.CCC.Cc1ccc(-c2ccc3c4ccccc4c4ccccc4c3c2)cc1.Cc1ccc(-c2ccccc2)cc1.Cc1ccc2c(c1)C(c1ccccc1)(c1ccccc1)c1ccccc1-2. The van der Waals surface area contributed by atoms with Crippen LogP contribution in [-0.4, -0.2) is 0 Å². The van der Waals surface area contributed by atoms with Crippen molar-refractivity contribution in [3.63, 3.8) is 0 Å². The molecule has 0 saturated heterocycles. The van der Waals surface area contributed by atoms with E-state index in [1.165, 1.54) is 111 Å². The van der Waals surface area contributed by atoms with Crippen molar-refractivity contribution in [2.45, 2.75) is 60.3 Å². The Balaban J connectivity index is 0.000000140. The molecule has 340 valence electrons. The topological polar surface area (TPSA) is 0 Å². The third-order valence-corrected chi connectivity index (χ3v) is 12.9. The average Bonchev–Trinajstić information content (AvgIpc) is 3.71. The maximum Gasteiger partial charge on any atom is 0.0713 e. The zero-order chi connectivity index (χ0) is 48.2. The molecule has 0 N–H and O–H groups in total. The summed E-state index contributed by atoms with van der Waals surface area (Å²) >= 11 is 0. The lowest BCUT2D eigenvalue weighted by atomic mass is 9.67. The quantitative estimate of drug-likeness (QED) is 0.154. The van der Waals surface area contributed by atoms with Gasteiger partial charge >= 0.3 is 0 Å². The summed E-state index contributed by atoms with van der Waals surface area (Å²) < 4.78 is 0. The summed E-state index contributed by atoms with van der Waals surface area (Å²) in [5.41, 5.74) is 16.8. The molecule has 0 amide bonds. The van der Waals surface area contributed by atoms with Crippen LogP contribution < -0.4 is 0 Å². The number of hydrogen-bond acceptors (Lipinski definition) is 0. The van der Waals surface area contributed by atoms with Crippen molar-refractivity contribution in [1.29, 1.82) is 0 Å². The highest BCUT2D eigenvalue weighted by molar-refractivity contribution is 6.25. The lowest BCUT2D eigenvalue weighted by Crippen LogP contribution is -2.28. The van der Waals surface area contributed by atoms with Crippen LogP contribution in [0.4, 0.5) is 0 Å². The number of hydrogen-bond donors (Lipinski definition) is 0. The molecule has 11 aromatic carbocycles. The van der Waals surface area contributed by atoms with Gasteiger partial charge in [-0.05, 0) is 115 Å². The van der Waals surface area contributed by atoms with E-state index in [9.17, 15) is 0 Å². The third kappa shape index (κ3) is 9.94. The number of benzene rings is 11. The molecule has 0 atom stereocenters. The predicted octanol–water partition coefficient (Wildman–Crippen LogP) is 19.6. The summed E-state index contributed by atoms with van der Waals surface area (Å²) in [6.45, 7) is 14.7. The fourth-order valence-corrected chi connectivity index (χ4v) is 9.77. The molecule has 0 fully saturated rings. The second-order valence-corrected chi connectivity index (χ2v) is 17.7. The van der Waals surface area contributed by atoms with Gasteiger partial charge in [0.05, 0.1) is 5.41 Å². The molecular formula is C69H64. The summed E-state index contributed by atoms with van der Waals surface area (Å²) in [6, 6.07) is 89.7. The van der Waals surface area contributed by atoms with Gasteiger partial charge in [-0.15, -0.1) is 0 Å². The molecule has 1 aliphatic carbocycles.